The Bertz CT molecular complexity index is 521. The summed E-state index contributed by atoms with van der Waals surface area (Å²) in [7, 11) is 1.94. The normalized spacial score (nSPS) is 49.8. The second-order valence-corrected chi connectivity index (χ2v) is 7.18. The third-order valence-electron chi connectivity index (χ3n) is 6.93. The first-order chi connectivity index (χ1) is 9.84. The van der Waals surface area contributed by atoms with E-state index in [9.17, 15) is 0 Å². The molecule has 0 spiro atoms. The van der Waals surface area contributed by atoms with Crippen LogP contribution in [0.4, 0.5) is 0 Å². The van der Waals surface area contributed by atoms with Crippen molar-refractivity contribution in [2.45, 2.75) is 49.2 Å². The van der Waals surface area contributed by atoms with E-state index in [1.165, 1.54) is 51.0 Å². The molecule has 1 aliphatic heterocycles. The lowest BCUT2D eigenvalue weighted by atomic mass is 9.87. The fraction of sp³-hybridized carbons (Fsp3) is 0.765. The van der Waals surface area contributed by atoms with Gasteiger partial charge in [0.1, 0.15) is 5.76 Å². The summed E-state index contributed by atoms with van der Waals surface area (Å²) in [6.07, 6.45) is 8.44. The van der Waals surface area contributed by atoms with Crippen LogP contribution in [-0.2, 0) is 4.74 Å². The maximum atomic E-state index is 6.17. The number of rotatable bonds is 3. The fourth-order valence-corrected chi connectivity index (χ4v) is 6.47. The third kappa shape index (κ3) is 1.06. The second kappa shape index (κ2) is 3.69. The van der Waals surface area contributed by atoms with E-state index in [2.05, 4.69) is 11.0 Å². The molecule has 20 heavy (non-hydrogen) atoms. The number of ether oxygens (including phenoxy) is 1. The van der Waals surface area contributed by atoms with Gasteiger partial charge in [0.25, 0.3) is 0 Å². The van der Waals surface area contributed by atoms with Gasteiger partial charge in [0.05, 0.1) is 17.4 Å². The number of hydrogen-bond acceptors (Lipinski definition) is 3. The summed E-state index contributed by atoms with van der Waals surface area (Å²) in [4.78, 5) is 2.79. The molecule has 0 N–H and O–H groups in total. The molecule has 0 radical (unpaired) electrons. The number of nitrogens with zero attached hydrogens (tertiary/aromatic N) is 1. The van der Waals surface area contributed by atoms with Crippen molar-refractivity contribution < 1.29 is 9.15 Å². The zero-order chi connectivity index (χ0) is 13.4. The van der Waals surface area contributed by atoms with Gasteiger partial charge in [-0.1, -0.05) is 0 Å². The van der Waals surface area contributed by atoms with Crippen molar-refractivity contribution in [1.29, 1.82) is 0 Å². The van der Waals surface area contributed by atoms with Crippen molar-refractivity contribution >= 4 is 0 Å². The monoisotopic (exact) mass is 273 g/mol. The lowest BCUT2D eigenvalue weighted by Gasteiger charge is -2.33. The zero-order valence-electron chi connectivity index (χ0n) is 12.2. The van der Waals surface area contributed by atoms with Gasteiger partial charge in [-0.3, -0.25) is 4.90 Å². The minimum Gasteiger partial charge on any atom is -0.469 e. The van der Waals surface area contributed by atoms with Crippen molar-refractivity contribution in [3.8, 4) is 0 Å². The summed E-state index contributed by atoms with van der Waals surface area (Å²) >= 11 is 0. The molecule has 0 bridgehead atoms. The molecular formula is C17H23NO2. The molecule has 3 aliphatic carbocycles. The third-order valence-corrected chi connectivity index (χ3v) is 6.93. The first-order valence-electron chi connectivity index (χ1n) is 8.18. The molecule has 108 valence electrons. The molecule has 4 unspecified atom stereocenters. The predicted octanol–water partition coefficient (Wildman–Crippen LogP) is 3.03. The molecule has 1 saturated heterocycles. The number of methoxy groups -OCH3 is 1. The molecule has 5 atom stereocenters. The second-order valence-electron chi connectivity index (χ2n) is 7.18. The summed E-state index contributed by atoms with van der Waals surface area (Å²) in [5.74, 6) is 3.30. The Morgan fingerprint density at radius 3 is 2.85 bits per heavy atom. The fourth-order valence-electron chi connectivity index (χ4n) is 6.47. The molecule has 4 aliphatic rings. The van der Waals surface area contributed by atoms with Gasteiger partial charge in [-0.2, -0.15) is 0 Å². The molecule has 3 heteroatoms. The molecule has 3 saturated carbocycles. The van der Waals surface area contributed by atoms with Crippen LogP contribution in [0.1, 0.15) is 43.8 Å². The Morgan fingerprint density at radius 2 is 2.15 bits per heavy atom. The van der Waals surface area contributed by atoms with Gasteiger partial charge in [-0.25, -0.2) is 0 Å². The quantitative estimate of drug-likeness (QED) is 0.846. The number of furan rings is 1. The van der Waals surface area contributed by atoms with E-state index in [-0.39, 0.29) is 5.60 Å². The summed E-state index contributed by atoms with van der Waals surface area (Å²) < 4.78 is 11.9. The Morgan fingerprint density at radius 1 is 1.30 bits per heavy atom. The highest BCUT2D eigenvalue weighted by Gasteiger charge is 2.89. The van der Waals surface area contributed by atoms with Gasteiger partial charge in [0, 0.05) is 18.9 Å². The summed E-state index contributed by atoms with van der Waals surface area (Å²) in [6, 6.07) is 4.21. The van der Waals surface area contributed by atoms with E-state index in [0.29, 0.717) is 11.5 Å². The maximum Gasteiger partial charge on any atom is 0.107 e. The Balaban J connectivity index is 1.58. The average molecular weight is 273 g/mol. The molecule has 1 aromatic heterocycles. The topological polar surface area (TPSA) is 25.6 Å². The molecule has 1 aromatic rings. The van der Waals surface area contributed by atoms with Crippen LogP contribution < -0.4 is 0 Å². The number of hydrogen-bond donors (Lipinski definition) is 0. The number of likely N-dealkylation sites (tertiary alicyclic amines) is 1. The maximum absolute atomic E-state index is 6.17. The molecule has 4 fully saturated rings. The lowest BCUT2D eigenvalue weighted by Crippen LogP contribution is -2.44. The Kier molecular flexibility index (Phi) is 2.18. The van der Waals surface area contributed by atoms with E-state index >= 15 is 0 Å². The van der Waals surface area contributed by atoms with Crippen molar-refractivity contribution in [3.63, 3.8) is 0 Å². The number of fused-ring (bicyclic) bond motifs is 1. The highest BCUT2D eigenvalue weighted by molar-refractivity contribution is 5.44. The minimum atomic E-state index is 0.137. The average Bonchev–Trinajstić information content (AvgIpc) is 3.07. The summed E-state index contributed by atoms with van der Waals surface area (Å²) in [6.45, 7) is 2.56. The van der Waals surface area contributed by atoms with Crippen molar-refractivity contribution in [3.05, 3.63) is 24.2 Å². The minimum absolute atomic E-state index is 0.137. The van der Waals surface area contributed by atoms with Gasteiger partial charge in [-0.15, -0.1) is 0 Å². The van der Waals surface area contributed by atoms with Gasteiger partial charge in [0.2, 0.25) is 0 Å². The molecular weight excluding hydrogens is 250 g/mol. The van der Waals surface area contributed by atoms with Crippen molar-refractivity contribution in [1.82, 2.24) is 4.90 Å². The smallest absolute Gasteiger partial charge is 0.107 e. The highest BCUT2D eigenvalue weighted by Crippen LogP contribution is 2.81. The molecule has 3 nitrogen and oxygen atoms in total. The van der Waals surface area contributed by atoms with Crippen LogP contribution in [0.25, 0.3) is 0 Å². The van der Waals surface area contributed by atoms with E-state index in [0.717, 1.165) is 11.8 Å². The Labute approximate surface area is 120 Å². The van der Waals surface area contributed by atoms with Crippen LogP contribution in [0.2, 0.25) is 0 Å². The largest absolute Gasteiger partial charge is 0.469 e. The predicted molar refractivity (Wildman–Crippen MR) is 75.6 cm³/mol. The van der Waals surface area contributed by atoms with Crippen LogP contribution in [0.15, 0.2) is 22.8 Å². The van der Waals surface area contributed by atoms with Gasteiger partial charge < -0.3 is 9.15 Å². The molecule has 2 heterocycles. The van der Waals surface area contributed by atoms with Crippen molar-refractivity contribution in [2.75, 3.05) is 20.2 Å². The van der Waals surface area contributed by atoms with Crippen LogP contribution in [0.5, 0.6) is 0 Å². The molecule has 0 amide bonds. The van der Waals surface area contributed by atoms with E-state index in [1.54, 1.807) is 0 Å². The van der Waals surface area contributed by atoms with Gasteiger partial charge in [-0.05, 0) is 63.2 Å². The lowest BCUT2D eigenvalue weighted by molar-refractivity contribution is 0.0190. The first-order valence-corrected chi connectivity index (χ1v) is 8.18. The van der Waals surface area contributed by atoms with Gasteiger partial charge in [0.15, 0.2) is 0 Å². The summed E-state index contributed by atoms with van der Waals surface area (Å²) in [5.41, 5.74) is 0.493. The Hall–Kier alpha value is -0.800. The summed E-state index contributed by atoms with van der Waals surface area (Å²) in [5, 5.41) is 0. The SMILES string of the molecule is COC12C[C@@H](c3ccco3)C3CCC1C32N1CCCC1. The van der Waals surface area contributed by atoms with Crippen LogP contribution in [-0.4, -0.2) is 36.2 Å². The molecule has 5 rings (SSSR count). The van der Waals surface area contributed by atoms with Crippen LogP contribution >= 0.6 is 0 Å². The van der Waals surface area contributed by atoms with E-state index in [1.807, 2.05) is 19.4 Å². The van der Waals surface area contributed by atoms with Crippen LogP contribution in [0, 0.1) is 11.8 Å². The van der Waals surface area contributed by atoms with Crippen molar-refractivity contribution in [2.24, 2.45) is 11.8 Å². The van der Waals surface area contributed by atoms with Gasteiger partial charge >= 0.3 is 0 Å². The van der Waals surface area contributed by atoms with E-state index < -0.39 is 0 Å². The van der Waals surface area contributed by atoms with Crippen LogP contribution in [0.3, 0.4) is 0 Å². The zero-order valence-corrected chi connectivity index (χ0v) is 12.2. The van der Waals surface area contributed by atoms with E-state index in [4.69, 9.17) is 9.15 Å². The highest BCUT2D eigenvalue weighted by atomic mass is 16.5. The standard InChI is InChI=1S/C17H23NO2/c1-19-16-11-12(14-5-4-10-20-14)13-6-7-15(16)17(13,16)18-8-2-3-9-18/h4-5,10,12-13,15H,2-3,6-9,11H2,1H3/t12-,13?,15?,16?,17?/m1/s1. The molecule has 0 aromatic carbocycles. The first kappa shape index (κ1) is 11.8.